The van der Waals surface area contributed by atoms with Gasteiger partial charge in [0.15, 0.2) is 0 Å². The zero-order chi connectivity index (χ0) is 8.93. The molecule has 0 atom stereocenters. The minimum absolute atomic E-state index is 0.462. The van der Waals surface area contributed by atoms with Crippen LogP contribution in [0.25, 0.3) is 0 Å². The Kier molecular flexibility index (Phi) is 2.18. The number of benzene rings is 1. The molecule has 5 nitrogen and oxygen atoms in total. The number of aromatic nitrogens is 4. The van der Waals surface area contributed by atoms with Crippen molar-refractivity contribution in [1.29, 1.82) is 0 Å². The minimum atomic E-state index is 0.462. The summed E-state index contributed by atoms with van der Waals surface area (Å²) >= 11 is 0. The average Bonchev–Trinajstić information content (AvgIpc) is 2.69. The third kappa shape index (κ3) is 2.02. The number of aromatic amines is 1. The Hall–Kier alpha value is -1.91. The molecule has 0 amide bonds. The van der Waals surface area contributed by atoms with E-state index in [0.29, 0.717) is 12.5 Å². The van der Waals surface area contributed by atoms with Gasteiger partial charge in [-0.05, 0) is 16.0 Å². The van der Waals surface area contributed by atoms with Gasteiger partial charge < -0.3 is 0 Å². The van der Waals surface area contributed by atoms with E-state index < -0.39 is 0 Å². The molecule has 0 saturated heterocycles. The number of H-pyrrole nitrogens is 1. The van der Waals surface area contributed by atoms with Gasteiger partial charge in [0, 0.05) is 0 Å². The first-order valence-corrected chi connectivity index (χ1v) is 3.90. The largest absolute Gasteiger partial charge is 0.262 e. The molecule has 5 heteroatoms. The highest BCUT2D eigenvalue weighted by Gasteiger charge is 1.97. The van der Waals surface area contributed by atoms with Crippen molar-refractivity contribution < 1.29 is 0 Å². The summed E-state index contributed by atoms with van der Waals surface area (Å²) in [6.07, 6.45) is 0. The molecule has 0 spiro atoms. The molecule has 0 fully saturated rings. The van der Waals surface area contributed by atoms with Gasteiger partial charge in [0.1, 0.15) is 0 Å². The summed E-state index contributed by atoms with van der Waals surface area (Å²) in [5, 5.41) is 17.2. The zero-order valence-electron chi connectivity index (χ0n) is 6.88. The lowest BCUT2D eigenvalue weighted by molar-refractivity contribution is 0.811. The van der Waals surface area contributed by atoms with Gasteiger partial charge in [-0.25, -0.2) is 10.4 Å². The summed E-state index contributed by atoms with van der Waals surface area (Å²) in [7, 11) is 0. The van der Waals surface area contributed by atoms with Crippen LogP contribution in [-0.2, 0) is 6.54 Å². The van der Waals surface area contributed by atoms with Crippen LogP contribution in [-0.4, -0.2) is 20.6 Å². The van der Waals surface area contributed by atoms with Crippen LogP contribution in [0.4, 0.5) is 5.95 Å². The minimum Gasteiger partial charge on any atom is -0.244 e. The van der Waals surface area contributed by atoms with Crippen molar-refractivity contribution >= 4 is 5.95 Å². The Labute approximate surface area is 75.2 Å². The molecule has 2 rings (SSSR count). The molecule has 0 aliphatic heterocycles. The van der Waals surface area contributed by atoms with Crippen molar-refractivity contribution in [3.8, 4) is 0 Å². The fraction of sp³-hybridized carbons (Fsp3) is 0.125. The van der Waals surface area contributed by atoms with Crippen LogP contribution < -0.4 is 5.32 Å². The van der Waals surface area contributed by atoms with Crippen molar-refractivity contribution in [2.45, 2.75) is 6.54 Å². The Morgan fingerprint density at radius 1 is 1.23 bits per heavy atom. The van der Waals surface area contributed by atoms with Gasteiger partial charge in [0.25, 0.3) is 5.95 Å². The maximum absolute atomic E-state index is 4.14. The highest BCUT2D eigenvalue weighted by atomic mass is 15.5. The first-order chi connectivity index (χ1) is 6.45. The van der Waals surface area contributed by atoms with E-state index >= 15 is 0 Å². The first kappa shape index (κ1) is 7.72. The number of nitrogens with zero attached hydrogens (tertiary/aromatic N) is 4. The van der Waals surface area contributed by atoms with Crippen LogP contribution >= 0.6 is 0 Å². The highest BCUT2D eigenvalue weighted by molar-refractivity contribution is 5.16. The summed E-state index contributed by atoms with van der Waals surface area (Å²) < 4.78 is 0. The van der Waals surface area contributed by atoms with Crippen molar-refractivity contribution in [2.75, 3.05) is 0 Å². The molecule has 1 N–H and O–H groups in total. The van der Waals surface area contributed by atoms with Crippen molar-refractivity contribution in [1.82, 2.24) is 25.9 Å². The van der Waals surface area contributed by atoms with Crippen LogP contribution in [0.5, 0.6) is 0 Å². The maximum atomic E-state index is 4.14. The van der Waals surface area contributed by atoms with Gasteiger partial charge in [-0.15, -0.1) is 0 Å². The zero-order valence-corrected chi connectivity index (χ0v) is 6.88. The fourth-order valence-electron chi connectivity index (χ4n) is 0.971. The lowest BCUT2D eigenvalue weighted by Crippen LogP contribution is -1.99. The third-order valence-corrected chi connectivity index (χ3v) is 1.59. The van der Waals surface area contributed by atoms with Crippen LogP contribution in [0.2, 0.25) is 0 Å². The van der Waals surface area contributed by atoms with Gasteiger partial charge in [0.05, 0.1) is 6.54 Å². The summed E-state index contributed by atoms with van der Waals surface area (Å²) in [4.78, 5) is 0. The van der Waals surface area contributed by atoms with E-state index in [-0.39, 0.29) is 0 Å². The Morgan fingerprint density at radius 2 is 2.08 bits per heavy atom. The molecule has 1 aromatic heterocycles. The standard InChI is InChI=1S/C8H8N5/c1-2-4-7(5-3-1)6-9-8-10-12-13-11-8/h1-5H,6H2,(H,10,11,12,13). The maximum Gasteiger partial charge on any atom is 0.262 e. The molecule has 2 aromatic rings. The predicted octanol–water partition coefficient (Wildman–Crippen LogP) is 0.636. The molecule has 1 radical (unpaired) electrons. The molecule has 1 aromatic carbocycles. The molecule has 0 aliphatic rings. The second-order valence-corrected chi connectivity index (χ2v) is 2.53. The summed E-state index contributed by atoms with van der Waals surface area (Å²) in [5.41, 5.74) is 1.14. The van der Waals surface area contributed by atoms with Crippen LogP contribution in [0.3, 0.4) is 0 Å². The van der Waals surface area contributed by atoms with Gasteiger partial charge in [0.2, 0.25) is 0 Å². The normalized spacial score (nSPS) is 9.85. The molecular formula is C8H8N5. The van der Waals surface area contributed by atoms with Gasteiger partial charge in [-0.3, -0.25) is 0 Å². The van der Waals surface area contributed by atoms with Crippen molar-refractivity contribution in [3.63, 3.8) is 0 Å². The van der Waals surface area contributed by atoms with E-state index in [1.54, 1.807) is 0 Å². The lowest BCUT2D eigenvalue weighted by Gasteiger charge is -1.97. The van der Waals surface area contributed by atoms with Crippen LogP contribution in [0, 0.1) is 0 Å². The summed E-state index contributed by atoms with van der Waals surface area (Å²) in [6.45, 7) is 0.595. The summed E-state index contributed by atoms with van der Waals surface area (Å²) in [6, 6.07) is 9.94. The van der Waals surface area contributed by atoms with Gasteiger partial charge >= 0.3 is 0 Å². The number of hydrogen-bond acceptors (Lipinski definition) is 3. The third-order valence-electron chi connectivity index (χ3n) is 1.59. The second-order valence-electron chi connectivity index (χ2n) is 2.53. The van der Waals surface area contributed by atoms with Crippen molar-refractivity contribution in [2.24, 2.45) is 0 Å². The first-order valence-electron chi connectivity index (χ1n) is 3.90. The number of tetrazole rings is 1. The Morgan fingerprint density at radius 3 is 2.77 bits per heavy atom. The van der Waals surface area contributed by atoms with E-state index in [0.717, 1.165) is 5.56 Å². The molecule has 1 heterocycles. The van der Waals surface area contributed by atoms with Gasteiger partial charge in [-0.1, -0.05) is 35.4 Å². The Balaban J connectivity index is 1.94. The fourth-order valence-corrected chi connectivity index (χ4v) is 0.971. The number of rotatable bonds is 3. The quantitative estimate of drug-likeness (QED) is 0.742. The van der Waals surface area contributed by atoms with Crippen LogP contribution in [0.1, 0.15) is 5.56 Å². The van der Waals surface area contributed by atoms with E-state index in [4.69, 9.17) is 0 Å². The van der Waals surface area contributed by atoms with E-state index in [1.165, 1.54) is 0 Å². The second kappa shape index (κ2) is 3.66. The monoisotopic (exact) mass is 174 g/mol. The van der Waals surface area contributed by atoms with Crippen LogP contribution in [0.15, 0.2) is 30.3 Å². The predicted molar refractivity (Wildman–Crippen MR) is 46.1 cm³/mol. The summed E-state index contributed by atoms with van der Waals surface area (Å²) in [5.74, 6) is 0.462. The lowest BCUT2D eigenvalue weighted by atomic mass is 10.2. The molecule has 0 aliphatic carbocycles. The number of hydrogen-bond donors (Lipinski definition) is 1. The molecular weight excluding hydrogens is 166 g/mol. The molecule has 0 bridgehead atoms. The van der Waals surface area contributed by atoms with E-state index in [9.17, 15) is 0 Å². The number of nitrogens with one attached hydrogen (secondary N) is 1. The molecule has 0 saturated carbocycles. The average molecular weight is 174 g/mol. The van der Waals surface area contributed by atoms with E-state index in [2.05, 4.69) is 25.9 Å². The topological polar surface area (TPSA) is 68.6 Å². The van der Waals surface area contributed by atoms with Gasteiger partial charge in [-0.2, -0.15) is 0 Å². The SMILES string of the molecule is c1ccc(C[N]c2nnn[nH]2)cc1. The van der Waals surface area contributed by atoms with E-state index in [1.807, 2.05) is 30.3 Å². The molecule has 65 valence electrons. The molecule has 13 heavy (non-hydrogen) atoms. The molecule has 0 unspecified atom stereocenters. The smallest absolute Gasteiger partial charge is 0.244 e. The Bertz CT molecular complexity index is 342. The van der Waals surface area contributed by atoms with Crippen molar-refractivity contribution in [3.05, 3.63) is 35.9 Å². The highest BCUT2D eigenvalue weighted by Crippen LogP contribution is 2.01.